The number of rotatable bonds is 2. The number of nitrogens with one attached hydrogen (secondary N) is 2. The van der Waals surface area contributed by atoms with Crippen LogP contribution >= 0.6 is 0 Å². The van der Waals surface area contributed by atoms with Crippen molar-refractivity contribution in [1.29, 1.82) is 0 Å². The SMILES string of the molecule is COc1ccc2[nH]c3c(c2c1)CCNC31CCN(C(=O)c2cnc(C)cn2)CC1. The van der Waals surface area contributed by atoms with E-state index in [1.165, 1.54) is 16.6 Å². The Kier molecular flexibility index (Phi) is 4.28. The summed E-state index contributed by atoms with van der Waals surface area (Å²) in [5.74, 6) is 0.844. The van der Waals surface area contributed by atoms with Gasteiger partial charge in [0.15, 0.2) is 0 Å². The fourth-order valence-electron chi connectivity index (χ4n) is 4.72. The number of amides is 1. The maximum absolute atomic E-state index is 12.8. The number of hydrogen-bond acceptors (Lipinski definition) is 5. The summed E-state index contributed by atoms with van der Waals surface area (Å²) in [6, 6.07) is 6.21. The van der Waals surface area contributed by atoms with E-state index in [4.69, 9.17) is 4.74 Å². The van der Waals surface area contributed by atoms with Crippen molar-refractivity contribution in [3.05, 3.63) is 53.2 Å². The zero-order valence-electron chi connectivity index (χ0n) is 16.8. The zero-order valence-corrected chi connectivity index (χ0v) is 16.8. The molecule has 0 unspecified atom stereocenters. The molecule has 2 aromatic heterocycles. The van der Waals surface area contributed by atoms with Gasteiger partial charge in [0.1, 0.15) is 11.4 Å². The molecule has 1 spiro atoms. The van der Waals surface area contributed by atoms with Gasteiger partial charge in [0.05, 0.1) is 24.5 Å². The molecule has 0 atom stereocenters. The molecule has 4 heterocycles. The van der Waals surface area contributed by atoms with Gasteiger partial charge in [0.25, 0.3) is 5.91 Å². The molecule has 3 aromatic rings. The minimum absolute atomic E-state index is 0.0373. The summed E-state index contributed by atoms with van der Waals surface area (Å²) in [7, 11) is 1.70. The average Bonchev–Trinajstić information content (AvgIpc) is 3.14. The zero-order chi connectivity index (χ0) is 20.0. The lowest BCUT2D eigenvalue weighted by molar-refractivity contribution is 0.0620. The summed E-state index contributed by atoms with van der Waals surface area (Å²) < 4.78 is 5.42. The van der Waals surface area contributed by atoms with Crippen molar-refractivity contribution in [3.63, 3.8) is 0 Å². The van der Waals surface area contributed by atoms with Crippen molar-refractivity contribution >= 4 is 16.8 Å². The van der Waals surface area contributed by atoms with Crippen molar-refractivity contribution in [3.8, 4) is 5.75 Å². The molecule has 29 heavy (non-hydrogen) atoms. The van der Waals surface area contributed by atoms with Crippen molar-refractivity contribution < 1.29 is 9.53 Å². The summed E-state index contributed by atoms with van der Waals surface area (Å²) >= 11 is 0. The number of likely N-dealkylation sites (tertiary alicyclic amines) is 1. The number of H-pyrrole nitrogens is 1. The number of aryl methyl sites for hydroxylation is 1. The number of methoxy groups -OCH3 is 1. The highest BCUT2D eigenvalue weighted by molar-refractivity contribution is 5.92. The molecule has 1 fully saturated rings. The normalized spacial score (nSPS) is 18.1. The Morgan fingerprint density at radius 3 is 2.76 bits per heavy atom. The summed E-state index contributed by atoms with van der Waals surface area (Å²) in [6.07, 6.45) is 5.95. The van der Waals surface area contributed by atoms with Crippen LogP contribution < -0.4 is 10.1 Å². The van der Waals surface area contributed by atoms with Crippen molar-refractivity contribution in [1.82, 2.24) is 25.2 Å². The second kappa shape index (κ2) is 6.84. The topological polar surface area (TPSA) is 83.1 Å². The lowest BCUT2D eigenvalue weighted by Gasteiger charge is -2.44. The first-order valence-electron chi connectivity index (χ1n) is 10.1. The van der Waals surface area contributed by atoms with Gasteiger partial charge in [-0.2, -0.15) is 0 Å². The maximum atomic E-state index is 12.8. The lowest BCUT2D eigenvalue weighted by atomic mass is 9.79. The van der Waals surface area contributed by atoms with Gasteiger partial charge in [-0.15, -0.1) is 0 Å². The van der Waals surface area contributed by atoms with Crippen LogP contribution in [0.15, 0.2) is 30.6 Å². The maximum Gasteiger partial charge on any atom is 0.274 e. The summed E-state index contributed by atoms with van der Waals surface area (Å²) in [5.41, 5.74) is 4.91. The summed E-state index contributed by atoms with van der Waals surface area (Å²) in [5, 5.41) is 5.00. The first kappa shape index (κ1) is 18.1. The lowest BCUT2D eigenvalue weighted by Crippen LogP contribution is -2.55. The Hall–Kier alpha value is -2.93. The van der Waals surface area contributed by atoms with Crippen molar-refractivity contribution in [2.24, 2.45) is 0 Å². The van der Waals surface area contributed by atoms with Crippen molar-refractivity contribution in [2.75, 3.05) is 26.7 Å². The van der Waals surface area contributed by atoms with Crippen LogP contribution in [0.25, 0.3) is 10.9 Å². The van der Waals surface area contributed by atoms with Crippen LogP contribution in [0.1, 0.15) is 40.3 Å². The quantitative estimate of drug-likeness (QED) is 0.702. The number of carbonyl (C=O) groups excluding carboxylic acids is 1. The van der Waals surface area contributed by atoms with Gasteiger partial charge in [-0.3, -0.25) is 9.78 Å². The number of carbonyl (C=O) groups is 1. The number of aromatic amines is 1. The minimum Gasteiger partial charge on any atom is -0.497 e. The fourth-order valence-corrected chi connectivity index (χ4v) is 4.72. The summed E-state index contributed by atoms with van der Waals surface area (Å²) in [4.78, 5) is 26.8. The van der Waals surface area contributed by atoms with Gasteiger partial charge < -0.3 is 19.9 Å². The highest BCUT2D eigenvalue weighted by Gasteiger charge is 2.42. The molecule has 5 rings (SSSR count). The van der Waals surface area contributed by atoms with Crippen LogP contribution in [-0.4, -0.2) is 52.5 Å². The van der Waals surface area contributed by atoms with Gasteiger partial charge >= 0.3 is 0 Å². The fraction of sp³-hybridized carbons (Fsp3) is 0.409. The van der Waals surface area contributed by atoms with Gasteiger partial charge in [0, 0.05) is 42.4 Å². The van der Waals surface area contributed by atoms with E-state index in [1.807, 2.05) is 17.9 Å². The van der Waals surface area contributed by atoms with Gasteiger partial charge in [-0.1, -0.05) is 0 Å². The Bertz CT molecular complexity index is 1060. The Morgan fingerprint density at radius 1 is 1.21 bits per heavy atom. The molecule has 150 valence electrons. The number of hydrogen-bond donors (Lipinski definition) is 2. The standard InChI is InChI=1S/C22H25N5O2/c1-14-12-24-19(13-23-14)21(28)27-9-6-22(7-10-27)20-16(5-8-25-22)17-11-15(29-2)3-4-18(17)26-20/h3-4,11-13,25-26H,5-10H2,1-2H3. The number of fused-ring (bicyclic) bond motifs is 4. The highest BCUT2D eigenvalue weighted by atomic mass is 16.5. The number of ether oxygens (including phenoxy) is 1. The molecule has 7 heteroatoms. The molecule has 1 saturated heterocycles. The molecule has 0 aliphatic carbocycles. The molecular formula is C22H25N5O2. The molecule has 2 aliphatic rings. The first-order chi connectivity index (χ1) is 14.1. The van der Waals surface area contributed by atoms with Crippen LogP contribution in [0.5, 0.6) is 5.75 Å². The number of benzene rings is 1. The van der Waals surface area contributed by atoms with E-state index in [9.17, 15) is 4.79 Å². The Labute approximate surface area is 169 Å². The molecule has 0 bridgehead atoms. The van der Waals surface area contributed by atoms with E-state index < -0.39 is 0 Å². The third kappa shape index (κ3) is 2.97. The molecule has 0 saturated carbocycles. The molecule has 1 amide bonds. The molecule has 1 aromatic carbocycles. The Morgan fingerprint density at radius 2 is 2.03 bits per heavy atom. The van der Waals surface area contributed by atoms with E-state index in [2.05, 4.69) is 32.4 Å². The molecule has 7 nitrogen and oxygen atoms in total. The van der Waals surface area contributed by atoms with Crippen molar-refractivity contribution in [2.45, 2.75) is 31.7 Å². The predicted octanol–water partition coefficient (Wildman–Crippen LogP) is 2.55. The molecule has 0 radical (unpaired) electrons. The largest absolute Gasteiger partial charge is 0.497 e. The van der Waals surface area contributed by atoms with Gasteiger partial charge in [-0.05, 0) is 49.9 Å². The Balaban J connectivity index is 1.41. The minimum atomic E-state index is -0.116. The third-order valence-electron chi connectivity index (χ3n) is 6.33. The monoisotopic (exact) mass is 391 g/mol. The van der Waals surface area contributed by atoms with Crippen LogP contribution in [-0.2, 0) is 12.0 Å². The average molecular weight is 391 g/mol. The first-order valence-corrected chi connectivity index (χ1v) is 10.1. The second-order valence-corrected chi connectivity index (χ2v) is 7.98. The second-order valence-electron chi connectivity index (χ2n) is 7.98. The molecule has 2 N–H and O–H groups in total. The highest BCUT2D eigenvalue weighted by Crippen LogP contribution is 2.41. The molecule has 2 aliphatic heterocycles. The van der Waals surface area contributed by atoms with Crippen LogP contribution in [0.4, 0.5) is 0 Å². The summed E-state index contributed by atoms with van der Waals surface area (Å²) in [6.45, 7) is 4.20. The van der Waals surface area contributed by atoms with Crippen LogP contribution in [0.3, 0.4) is 0 Å². The van der Waals surface area contributed by atoms with E-state index in [0.29, 0.717) is 18.8 Å². The van der Waals surface area contributed by atoms with E-state index in [-0.39, 0.29) is 11.4 Å². The number of aromatic nitrogens is 3. The number of piperidine rings is 1. The van der Waals surface area contributed by atoms with E-state index in [0.717, 1.165) is 42.8 Å². The number of nitrogens with zero attached hydrogens (tertiary/aromatic N) is 3. The van der Waals surface area contributed by atoms with E-state index >= 15 is 0 Å². The smallest absolute Gasteiger partial charge is 0.274 e. The van der Waals surface area contributed by atoms with Gasteiger partial charge in [-0.25, -0.2) is 4.98 Å². The third-order valence-corrected chi connectivity index (χ3v) is 6.33. The molecular weight excluding hydrogens is 366 g/mol. The van der Waals surface area contributed by atoms with Crippen LogP contribution in [0, 0.1) is 6.92 Å². The van der Waals surface area contributed by atoms with Crippen LogP contribution in [0.2, 0.25) is 0 Å². The predicted molar refractivity (Wildman–Crippen MR) is 110 cm³/mol. The van der Waals surface area contributed by atoms with E-state index in [1.54, 1.807) is 19.5 Å². The van der Waals surface area contributed by atoms with Gasteiger partial charge in [0.2, 0.25) is 0 Å².